The standard InChI is InChI=1S/C22H25N5O2/c1-22(2)17-7-6-15(13-18(17)24-20(22)28)23-21-25-19-5-3-4-16(27(19)26-21)12-14-8-10-29-11-9-14/h3-7,13-14H,8-12H2,1-2H3,(H,23,26)(H,24,28). The molecule has 5 rings (SSSR count). The van der Waals surface area contributed by atoms with Gasteiger partial charge < -0.3 is 15.4 Å². The fourth-order valence-electron chi connectivity index (χ4n) is 4.21. The Morgan fingerprint density at radius 3 is 2.90 bits per heavy atom. The Morgan fingerprint density at radius 2 is 2.07 bits per heavy atom. The molecule has 0 saturated carbocycles. The maximum absolute atomic E-state index is 12.2. The summed E-state index contributed by atoms with van der Waals surface area (Å²) in [5, 5.41) is 10.9. The van der Waals surface area contributed by atoms with Crippen LogP contribution in [0.5, 0.6) is 0 Å². The van der Waals surface area contributed by atoms with Crippen molar-refractivity contribution in [3.05, 3.63) is 47.7 Å². The van der Waals surface area contributed by atoms with E-state index in [1.54, 1.807) is 0 Å². The average Bonchev–Trinajstić information content (AvgIpc) is 3.21. The molecule has 0 bridgehead atoms. The maximum atomic E-state index is 12.2. The molecule has 2 aliphatic heterocycles. The molecule has 0 unspecified atom stereocenters. The molecule has 0 atom stereocenters. The first-order valence-corrected chi connectivity index (χ1v) is 10.2. The Kier molecular flexibility index (Phi) is 4.28. The smallest absolute Gasteiger partial charge is 0.247 e. The van der Waals surface area contributed by atoms with Crippen LogP contribution in [0.1, 0.15) is 37.9 Å². The molecule has 1 saturated heterocycles. The highest BCUT2D eigenvalue weighted by molar-refractivity contribution is 6.06. The van der Waals surface area contributed by atoms with E-state index in [4.69, 9.17) is 4.74 Å². The number of anilines is 3. The molecule has 150 valence electrons. The number of ether oxygens (including phenoxy) is 1. The fourth-order valence-corrected chi connectivity index (χ4v) is 4.21. The van der Waals surface area contributed by atoms with Crippen molar-refractivity contribution >= 4 is 28.9 Å². The van der Waals surface area contributed by atoms with Gasteiger partial charge in [-0.05, 0) is 68.9 Å². The van der Waals surface area contributed by atoms with Crippen molar-refractivity contribution in [3.8, 4) is 0 Å². The van der Waals surface area contributed by atoms with Gasteiger partial charge in [0.25, 0.3) is 0 Å². The first kappa shape index (κ1) is 18.1. The molecule has 1 fully saturated rings. The monoisotopic (exact) mass is 391 g/mol. The van der Waals surface area contributed by atoms with Gasteiger partial charge in [-0.2, -0.15) is 4.98 Å². The van der Waals surface area contributed by atoms with E-state index in [1.807, 2.05) is 48.7 Å². The fraction of sp³-hybridized carbons (Fsp3) is 0.409. The summed E-state index contributed by atoms with van der Waals surface area (Å²) in [6.45, 7) is 5.56. The van der Waals surface area contributed by atoms with E-state index in [0.717, 1.165) is 60.8 Å². The molecule has 0 radical (unpaired) electrons. The number of nitrogens with zero attached hydrogens (tertiary/aromatic N) is 3. The SMILES string of the molecule is CC1(C)C(=O)Nc2cc(Nc3nc4cccc(CC5CCOCC5)n4n3)ccc21. The predicted octanol–water partition coefficient (Wildman–Crippen LogP) is 3.67. The molecule has 1 aromatic carbocycles. The minimum atomic E-state index is -0.506. The van der Waals surface area contributed by atoms with Crippen molar-refractivity contribution in [2.24, 2.45) is 5.92 Å². The van der Waals surface area contributed by atoms with E-state index >= 15 is 0 Å². The lowest BCUT2D eigenvalue weighted by molar-refractivity contribution is -0.119. The van der Waals surface area contributed by atoms with Crippen LogP contribution in [0.25, 0.3) is 5.65 Å². The largest absolute Gasteiger partial charge is 0.381 e. The number of hydrogen-bond donors (Lipinski definition) is 2. The highest BCUT2D eigenvalue weighted by Gasteiger charge is 2.38. The molecular weight excluding hydrogens is 366 g/mol. The van der Waals surface area contributed by atoms with Gasteiger partial charge in [-0.3, -0.25) is 4.79 Å². The summed E-state index contributed by atoms with van der Waals surface area (Å²) in [4.78, 5) is 16.8. The Hall–Kier alpha value is -2.93. The number of carbonyl (C=O) groups is 1. The van der Waals surface area contributed by atoms with Crippen molar-refractivity contribution in [3.63, 3.8) is 0 Å². The van der Waals surface area contributed by atoms with Crippen molar-refractivity contribution < 1.29 is 9.53 Å². The highest BCUT2D eigenvalue weighted by atomic mass is 16.5. The summed E-state index contributed by atoms with van der Waals surface area (Å²) in [6, 6.07) is 12.0. The number of fused-ring (bicyclic) bond motifs is 2. The Balaban J connectivity index is 1.40. The minimum absolute atomic E-state index is 0.0215. The number of aromatic nitrogens is 3. The molecule has 2 aliphatic rings. The topological polar surface area (TPSA) is 80.5 Å². The molecule has 2 aromatic heterocycles. The first-order valence-electron chi connectivity index (χ1n) is 10.2. The van der Waals surface area contributed by atoms with Crippen LogP contribution in [0.4, 0.5) is 17.3 Å². The van der Waals surface area contributed by atoms with Gasteiger partial charge in [-0.25, -0.2) is 4.52 Å². The van der Waals surface area contributed by atoms with E-state index in [0.29, 0.717) is 11.9 Å². The van der Waals surface area contributed by atoms with Gasteiger partial charge in [0.2, 0.25) is 11.9 Å². The second-order valence-electron chi connectivity index (χ2n) is 8.45. The molecule has 2 N–H and O–H groups in total. The molecule has 7 nitrogen and oxygen atoms in total. The summed E-state index contributed by atoms with van der Waals surface area (Å²) in [6.07, 6.45) is 3.16. The third kappa shape index (κ3) is 3.25. The number of amides is 1. The van der Waals surface area contributed by atoms with Gasteiger partial charge >= 0.3 is 0 Å². The van der Waals surface area contributed by atoms with Crippen LogP contribution in [-0.4, -0.2) is 33.7 Å². The first-order chi connectivity index (χ1) is 14.0. The van der Waals surface area contributed by atoms with E-state index in [1.165, 1.54) is 0 Å². The molecule has 4 heterocycles. The van der Waals surface area contributed by atoms with Crippen LogP contribution < -0.4 is 10.6 Å². The van der Waals surface area contributed by atoms with Gasteiger partial charge in [-0.15, -0.1) is 5.10 Å². The summed E-state index contributed by atoms with van der Waals surface area (Å²) < 4.78 is 7.40. The Morgan fingerprint density at radius 1 is 1.24 bits per heavy atom. The van der Waals surface area contributed by atoms with E-state index in [-0.39, 0.29) is 5.91 Å². The third-order valence-electron chi connectivity index (χ3n) is 6.04. The lowest BCUT2D eigenvalue weighted by Gasteiger charge is -2.21. The van der Waals surface area contributed by atoms with Crippen LogP contribution in [0.15, 0.2) is 36.4 Å². The number of carbonyl (C=O) groups excluding carboxylic acids is 1. The second-order valence-corrected chi connectivity index (χ2v) is 8.45. The molecule has 1 amide bonds. The molecular formula is C22H25N5O2. The molecule has 29 heavy (non-hydrogen) atoms. The van der Waals surface area contributed by atoms with Crippen LogP contribution in [0.3, 0.4) is 0 Å². The molecule has 3 aromatic rings. The van der Waals surface area contributed by atoms with E-state index in [2.05, 4.69) is 26.8 Å². The molecule has 7 heteroatoms. The lowest BCUT2D eigenvalue weighted by atomic mass is 9.86. The number of rotatable bonds is 4. The third-order valence-corrected chi connectivity index (χ3v) is 6.04. The van der Waals surface area contributed by atoms with Crippen LogP contribution in [-0.2, 0) is 21.4 Å². The number of benzene rings is 1. The van der Waals surface area contributed by atoms with Gasteiger partial charge in [0.1, 0.15) is 0 Å². The van der Waals surface area contributed by atoms with Gasteiger partial charge in [0, 0.05) is 30.3 Å². The normalized spacial score (nSPS) is 18.6. The van der Waals surface area contributed by atoms with E-state index < -0.39 is 5.41 Å². The summed E-state index contributed by atoms with van der Waals surface area (Å²) in [5.41, 5.74) is 4.19. The maximum Gasteiger partial charge on any atom is 0.247 e. The second kappa shape index (κ2) is 6.84. The number of hydrogen-bond acceptors (Lipinski definition) is 5. The van der Waals surface area contributed by atoms with Crippen LogP contribution in [0.2, 0.25) is 0 Å². The zero-order valence-electron chi connectivity index (χ0n) is 16.7. The lowest BCUT2D eigenvalue weighted by Crippen LogP contribution is -2.26. The number of nitrogens with one attached hydrogen (secondary N) is 2. The zero-order chi connectivity index (χ0) is 20.0. The van der Waals surface area contributed by atoms with Gasteiger partial charge in [-0.1, -0.05) is 12.1 Å². The van der Waals surface area contributed by atoms with Gasteiger partial charge in [0.15, 0.2) is 5.65 Å². The quantitative estimate of drug-likeness (QED) is 0.709. The van der Waals surface area contributed by atoms with Crippen LogP contribution in [0, 0.1) is 5.92 Å². The Bertz CT molecular complexity index is 1080. The van der Waals surface area contributed by atoms with Crippen molar-refractivity contribution in [2.45, 2.75) is 38.5 Å². The highest BCUT2D eigenvalue weighted by Crippen LogP contribution is 2.38. The van der Waals surface area contributed by atoms with E-state index in [9.17, 15) is 4.79 Å². The minimum Gasteiger partial charge on any atom is -0.381 e. The summed E-state index contributed by atoms with van der Waals surface area (Å²) in [5.74, 6) is 1.19. The molecule has 0 spiro atoms. The van der Waals surface area contributed by atoms with Crippen molar-refractivity contribution in [2.75, 3.05) is 23.8 Å². The van der Waals surface area contributed by atoms with Crippen molar-refractivity contribution in [1.29, 1.82) is 0 Å². The van der Waals surface area contributed by atoms with Gasteiger partial charge in [0.05, 0.1) is 5.41 Å². The Labute approximate surface area is 169 Å². The predicted molar refractivity (Wildman–Crippen MR) is 112 cm³/mol. The van der Waals surface area contributed by atoms with Crippen LogP contribution >= 0.6 is 0 Å². The van der Waals surface area contributed by atoms with Crippen molar-refractivity contribution in [1.82, 2.24) is 14.6 Å². The zero-order valence-corrected chi connectivity index (χ0v) is 16.7. The summed E-state index contributed by atoms with van der Waals surface area (Å²) in [7, 11) is 0. The molecule has 0 aliphatic carbocycles. The number of pyridine rings is 1. The average molecular weight is 391 g/mol. The summed E-state index contributed by atoms with van der Waals surface area (Å²) >= 11 is 0.